The molecule has 0 atom stereocenters. The van der Waals surface area contributed by atoms with E-state index in [-0.39, 0.29) is 11.4 Å². The Bertz CT molecular complexity index is 520. The summed E-state index contributed by atoms with van der Waals surface area (Å²) in [6.45, 7) is 6.27. The van der Waals surface area contributed by atoms with E-state index in [1.54, 1.807) is 13.0 Å². The number of benzene rings is 1. The van der Waals surface area contributed by atoms with Gasteiger partial charge in [0.05, 0.1) is 0 Å². The molecular weight excluding hydrogens is 267 g/mol. The molecule has 4 heteroatoms. The molecule has 0 heterocycles. The maximum absolute atomic E-state index is 13.9. The molecule has 1 saturated carbocycles. The highest BCUT2D eigenvalue weighted by Gasteiger charge is 2.23. The van der Waals surface area contributed by atoms with Crippen molar-refractivity contribution in [2.24, 2.45) is 17.6 Å². The molecule has 0 saturated heterocycles. The van der Waals surface area contributed by atoms with Gasteiger partial charge in [-0.2, -0.15) is 0 Å². The van der Waals surface area contributed by atoms with Gasteiger partial charge in [-0.25, -0.2) is 4.39 Å². The second-order valence-electron chi connectivity index (χ2n) is 6.49. The van der Waals surface area contributed by atoms with Gasteiger partial charge < -0.3 is 11.1 Å². The van der Waals surface area contributed by atoms with Gasteiger partial charge in [-0.05, 0) is 56.6 Å². The Morgan fingerprint density at radius 2 is 1.90 bits per heavy atom. The highest BCUT2D eigenvalue weighted by atomic mass is 19.1. The molecule has 116 valence electrons. The molecule has 2 rings (SSSR count). The third-order valence-electron chi connectivity index (χ3n) is 4.70. The van der Waals surface area contributed by atoms with E-state index in [4.69, 9.17) is 5.73 Å². The summed E-state index contributed by atoms with van der Waals surface area (Å²) in [6, 6.07) is 3.22. The molecule has 0 radical (unpaired) electrons. The molecule has 21 heavy (non-hydrogen) atoms. The summed E-state index contributed by atoms with van der Waals surface area (Å²) in [6.07, 6.45) is 4.58. The number of halogens is 1. The number of nitrogens with two attached hydrogens (primary N) is 1. The number of carbonyl (C=O) groups is 1. The van der Waals surface area contributed by atoms with E-state index in [9.17, 15) is 9.18 Å². The lowest BCUT2D eigenvalue weighted by Gasteiger charge is -2.32. The third kappa shape index (κ3) is 3.74. The number of hydrogen-bond donors (Lipinski definition) is 2. The normalized spacial score (nSPS) is 22.3. The van der Waals surface area contributed by atoms with Crippen LogP contribution in [0.1, 0.15) is 55.5 Å². The molecule has 3 N–H and O–H groups in total. The Labute approximate surface area is 126 Å². The molecule has 1 aliphatic rings. The van der Waals surface area contributed by atoms with Crippen LogP contribution >= 0.6 is 0 Å². The van der Waals surface area contributed by atoms with E-state index < -0.39 is 5.91 Å². The average Bonchev–Trinajstić information content (AvgIpc) is 2.44. The first kappa shape index (κ1) is 15.8. The molecule has 1 aliphatic carbocycles. The molecule has 1 amide bonds. The van der Waals surface area contributed by atoms with Crippen molar-refractivity contribution in [3.63, 3.8) is 0 Å². The molecule has 0 aromatic heterocycles. The second kappa shape index (κ2) is 6.46. The molecule has 0 unspecified atom stereocenters. The van der Waals surface area contributed by atoms with E-state index >= 15 is 0 Å². The standard InChI is InChI=1S/C17H25FN2O/c1-10(2)12-4-6-14(7-5-12)20-16-9-13(17(19)21)8-15(18)11(16)3/h8-10,12,14,20H,4-7H2,1-3H3,(H2,19,21). The lowest BCUT2D eigenvalue weighted by Crippen LogP contribution is -2.28. The summed E-state index contributed by atoms with van der Waals surface area (Å²) in [7, 11) is 0. The number of anilines is 1. The minimum atomic E-state index is -0.597. The number of rotatable bonds is 4. The van der Waals surface area contributed by atoms with Crippen LogP contribution in [-0.4, -0.2) is 11.9 Å². The van der Waals surface area contributed by atoms with E-state index in [0.717, 1.165) is 24.7 Å². The Kier molecular flexibility index (Phi) is 4.86. The minimum Gasteiger partial charge on any atom is -0.382 e. The van der Waals surface area contributed by atoms with Gasteiger partial charge in [0, 0.05) is 22.9 Å². The summed E-state index contributed by atoms with van der Waals surface area (Å²) in [5.41, 5.74) is 6.71. The van der Waals surface area contributed by atoms with Crippen LogP contribution in [-0.2, 0) is 0 Å². The number of nitrogens with one attached hydrogen (secondary N) is 1. The maximum Gasteiger partial charge on any atom is 0.248 e. The number of carbonyl (C=O) groups excluding carboxylic acids is 1. The lowest BCUT2D eigenvalue weighted by molar-refractivity contribution is 0.1000. The highest BCUT2D eigenvalue weighted by molar-refractivity contribution is 5.94. The molecule has 3 nitrogen and oxygen atoms in total. The number of hydrogen-bond acceptors (Lipinski definition) is 2. The van der Waals surface area contributed by atoms with Crippen molar-refractivity contribution in [2.45, 2.75) is 52.5 Å². The van der Waals surface area contributed by atoms with Crippen LogP contribution < -0.4 is 11.1 Å². The zero-order chi connectivity index (χ0) is 15.6. The molecule has 0 aliphatic heterocycles. The van der Waals surface area contributed by atoms with Crippen LogP contribution in [0.5, 0.6) is 0 Å². The van der Waals surface area contributed by atoms with Crippen LogP contribution in [0.4, 0.5) is 10.1 Å². The van der Waals surface area contributed by atoms with E-state index in [1.165, 1.54) is 18.9 Å². The molecular formula is C17H25FN2O. The minimum absolute atomic E-state index is 0.219. The summed E-state index contributed by atoms with van der Waals surface area (Å²) >= 11 is 0. The molecule has 1 aromatic rings. The van der Waals surface area contributed by atoms with Gasteiger partial charge in [0.1, 0.15) is 5.82 Å². The van der Waals surface area contributed by atoms with Crippen LogP contribution in [0.15, 0.2) is 12.1 Å². The summed E-state index contributed by atoms with van der Waals surface area (Å²) in [4.78, 5) is 11.3. The Balaban J connectivity index is 2.08. The van der Waals surface area contributed by atoms with Crippen LogP contribution in [0.25, 0.3) is 0 Å². The van der Waals surface area contributed by atoms with Crippen molar-refractivity contribution >= 4 is 11.6 Å². The van der Waals surface area contributed by atoms with Gasteiger partial charge >= 0.3 is 0 Å². The quantitative estimate of drug-likeness (QED) is 0.885. The first-order chi connectivity index (χ1) is 9.88. The van der Waals surface area contributed by atoms with Gasteiger partial charge in [-0.1, -0.05) is 13.8 Å². The third-order valence-corrected chi connectivity index (χ3v) is 4.70. The number of amides is 1. The molecule has 0 spiro atoms. The van der Waals surface area contributed by atoms with Crippen molar-refractivity contribution in [1.82, 2.24) is 0 Å². The first-order valence-electron chi connectivity index (χ1n) is 7.75. The van der Waals surface area contributed by atoms with Gasteiger partial charge in [0.2, 0.25) is 5.91 Å². The Morgan fingerprint density at radius 1 is 1.29 bits per heavy atom. The lowest BCUT2D eigenvalue weighted by atomic mass is 9.79. The van der Waals surface area contributed by atoms with Gasteiger partial charge in [-0.15, -0.1) is 0 Å². The van der Waals surface area contributed by atoms with Crippen molar-refractivity contribution in [3.8, 4) is 0 Å². The topological polar surface area (TPSA) is 55.1 Å². The molecule has 1 fully saturated rings. The van der Waals surface area contributed by atoms with Crippen molar-refractivity contribution in [1.29, 1.82) is 0 Å². The predicted octanol–water partition coefficient (Wildman–Crippen LogP) is 3.86. The van der Waals surface area contributed by atoms with Crippen LogP contribution in [0.3, 0.4) is 0 Å². The average molecular weight is 292 g/mol. The van der Waals surface area contributed by atoms with Crippen molar-refractivity contribution in [2.75, 3.05) is 5.32 Å². The van der Waals surface area contributed by atoms with E-state index in [2.05, 4.69) is 19.2 Å². The zero-order valence-corrected chi connectivity index (χ0v) is 13.1. The van der Waals surface area contributed by atoms with Gasteiger partial charge in [0.15, 0.2) is 0 Å². The van der Waals surface area contributed by atoms with Crippen LogP contribution in [0.2, 0.25) is 0 Å². The fourth-order valence-corrected chi connectivity index (χ4v) is 3.12. The fraction of sp³-hybridized carbons (Fsp3) is 0.588. The maximum atomic E-state index is 13.9. The zero-order valence-electron chi connectivity index (χ0n) is 13.1. The summed E-state index contributed by atoms with van der Waals surface area (Å²) < 4.78 is 13.9. The van der Waals surface area contributed by atoms with E-state index in [1.807, 2.05) is 0 Å². The van der Waals surface area contributed by atoms with Crippen molar-refractivity contribution < 1.29 is 9.18 Å². The fourth-order valence-electron chi connectivity index (χ4n) is 3.12. The monoisotopic (exact) mass is 292 g/mol. The smallest absolute Gasteiger partial charge is 0.248 e. The summed E-state index contributed by atoms with van der Waals surface area (Å²) in [5.74, 6) is 0.534. The Morgan fingerprint density at radius 3 is 2.43 bits per heavy atom. The second-order valence-corrected chi connectivity index (χ2v) is 6.49. The molecule has 1 aromatic carbocycles. The largest absolute Gasteiger partial charge is 0.382 e. The SMILES string of the molecule is Cc1c(F)cc(C(N)=O)cc1NC1CCC(C(C)C)CC1. The van der Waals surface area contributed by atoms with Gasteiger partial charge in [-0.3, -0.25) is 4.79 Å². The summed E-state index contributed by atoms with van der Waals surface area (Å²) in [5, 5.41) is 3.40. The van der Waals surface area contributed by atoms with Gasteiger partial charge in [0.25, 0.3) is 0 Å². The highest BCUT2D eigenvalue weighted by Crippen LogP contribution is 2.32. The predicted molar refractivity (Wildman–Crippen MR) is 83.9 cm³/mol. The van der Waals surface area contributed by atoms with Crippen LogP contribution in [0, 0.1) is 24.6 Å². The first-order valence-corrected chi connectivity index (χ1v) is 7.75. The van der Waals surface area contributed by atoms with Crippen molar-refractivity contribution in [3.05, 3.63) is 29.1 Å². The Hall–Kier alpha value is -1.58. The molecule has 0 bridgehead atoms. The number of primary amides is 1. The van der Waals surface area contributed by atoms with E-state index in [0.29, 0.717) is 17.3 Å².